The lowest BCUT2D eigenvalue weighted by Crippen LogP contribution is -2.45. The van der Waals surface area contributed by atoms with Crippen LogP contribution in [0, 0.1) is 12.3 Å². The van der Waals surface area contributed by atoms with E-state index in [0.717, 1.165) is 6.42 Å². The average Bonchev–Trinajstić information content (AvgIpc) is 3.05. The molecule has 2 atom stereocenters. The highest BCUT2D eigenvalue weighted by molar-refractivity contribution is 7.11. The summed E-state index contributed by atoms with van der Waals surface area (Å²) in [5.41, 5.74) is -0.583. The first-order chi connectivity index (χ1) is 10.3. The van der Waals surface area contributed by atoms with Gasteiger partial charge in [-0.2, -0.15) is 0 Å². The van der Waals surface area contributed by atoms with Crippen LogP contribution in [0.15, 0.2) is 12.1 Å². The predicted molar refractivity (Wildman–Crippen MR) is 87.1 cm³/mol. The molecule has 5 nitrogen and oxygen atoms in total. The van der Waals surface area contributed by atoms with Crippen molar-refractivity contribution >= 4 is 23.3 Å². The van der Waals surface area contributed by atoms with Gasteiger partial charge >= 0.3 is 12.0 Å². The van der Waals surface area contributed by atoms with Crippen molar-refractivity contribution in [1.29, 1.82) is 0 Å². The van der Waals surface area contributed by atoms with E-state index in [9.17, 15) is 9.59 Å². The third-order valence-electron chi connectivity index (χ3n) is 4.11. The highest BCUT2D eigenvalue weighted by atomic mass is 32.1. The molecule has 1 aromatic rings. The SMILES string of the molecule is COC(=O)[C@]1(C)CCN(C(=O)N[C@@H](C)Cc2ccc(C)s2)C1. The standard InChI is InChI=1S/C16H24N2O3S/c1-11(9-13-6-5-12(2)22-13)17-15(20)18-8-7-16(3,10-18)14(19)21-4/h5-6,11H,7-10H2,1-4H3,(H,17,20)/t11-,16+/m0/s1. The van der Waals surface area contributed by atoms with Gasteiger partial charge in [-0.1, -0.05) is 0 Å². The van der Waals surface area contributed by atoms with Crippen molar-refractivity contribution in [1.82, 2.24) is 10.2 Å². The lowest BCUT2D eigenvalue weighted by atomic mass is 9.90. The minimum atomic E-state index is -0.583. The minimum Gasteiger partial charge on any atom is -0.469 e. The van der Waals surface area contributed by atoms with Crippen LogP contribution in [0.5, 0.6) is 0 Å². The Kier molecular flexibility index (Phi) is 5.11. The van der Waals surface area contributed by atoms with Crippen LogP contribution in [0.4, 0.5) is 4.79 Å². The topological polar surface area (TPSA) is 58.6 Å². The van der Waals surface area contributed by atoms with Crippen molar-refractivity contribution < 1.29 is 14.3 Å². The number of thiophene rings is 1. The van der Waals surface area contributed by atoms with Crippen LogP contribution in [-0.4, -0.2) is 43.1 Å². The molecular weight excluding hydrogens is 300 g/mol. The van der Waals surface area contributed by atoms with Gasteiger partial charge in [0.05, 0.1) is 12.5 Å². The maximum atomic E-state index is 12.3. The second-order valence-electron chi connectivity index (χ2n) is 6.29. The van der Waals surface area contributed by atoms with Crippen molar-refractivity contribution in [3.63, 3.8) is 0 Å². The summed E-state index contributed by atoms with van der Waals surface area (Å²) in [6.45, 7) is 6.93. The summed E-state index contributed by atoms with van der Waals surface area (Å²) in [6.07, 6.45) is 1.47. The average molecular weight is 324 g/mol. The number of urea groups is 1. The molecule has 0 unspecified atom stereocenters. The van der Waals surface area contributed by atoms with E-state index in [2.05, 4.69) is 24.4 Å². The van der Waals surface area contributed by atoms with Gasteiger partial charge in [-0.3, -0.25) is 4.79 Å². The Morgan fingerprint density at radius 2 is 2.23 bits per heavy atom. The number of esters is 1. The molecule has 0 spiro atoms. The summed E-state index contributed by atoms with van der Waals surface area (Å²) in [7, 11) is 1.39. The molecule has 2 heterocycles. The molecule has 1 saturated heterocycles. The quantitative estimate of drug-likeness (QED) is 0.866. The zero-order valence-electron chi connectivity index (χ0n) is 13.6. The van der Waals surface area contributed by atoms with Crippen molar-refractivity contribution in [2.45, 2.75) is 39.7 Å². The Morgan fingerprint density at radius 3 is 2.82 bits per heavy atom. The number of carbonyl (C=O) groups excluding carboxylic acids is 2. The third kappa shape index (κ3) is 3.80. The smallest absolute Gasteiger partial charge is 0.317 e. The maximum Gasteiger partial charge on any atom is 0.317 e. The van der Waals surface area contributed by atoms with Crippen molar-refractivity contribution in [3.05, 3.63) is 21.9 Å². The highest BCUT2D eigenvalue weighted by Gasteiger charge is 2.43. The first-order valence-electron chi connectivity index (χ1n) is 7.53. The van der Waals surface area contributed by atoms with Crippen molar-refractivity contribution in [2.24, 2.45) is 5.41 Å². The molecule has 6 heteroatoms. The molecule has 0 aromatic carbocycles. The molecule has 1 N–H and O–H groups in total. The van der Waals surface area contributed by atoms with Gasteiger partial charge in [-0.05, 0) is 39.3 Å². The summed E-state index contributed by atoms with van der Waals surface area (Å²) < 4.78 is 4.83. The first kappa shape index (κ1) is 16.8. The zero-order valence-corrected chi connectivity index (χ0v) is 14.5. The molecule has 0 radical (unpaired) electrons. The molecule has 22 heavy (non-hydrogen) atoms. The minimum absolute atomic E-state index is 0.0653. The van der Waals surface area contributed by atoms with Crippen molar-refractivity contribution in [3.8, 4) is 0 Å². The van der Waals surface area contributed by atoms with Gasteiger partial charge in [-0.25, -0.2) is 4.79 Å². The summed E-state index contributed by atoms with van der Waals surface area (Å²) in [5, 5.41) is 3.02. The van der Waals surface area contributed by atoms with Crippen LogP contribution in [0.1, 0.15) is 30.0 Å². The lowest BCUT2D eigenvalue weighted by molar-refractivity contribution is -0.150. The summed E-state index contributed by atoms with van der Waals surface area (Å²) in [6, 6.07) is 4.16. The van der Waals surface area contributed by atoms with Crippen LogP contribution in [0.2, 0.25) is 0 Å². The van der Waals surface area contributed by atoms with Crippen LogP contribution < -0.4 is 5.32 Å². The van der Waals surface area contributed by atoms with Crippen LogP contribution in [-0.2, 0) is 16.0 Å². The molecule has 122 valence electrons. The van der Waals surface area contributed by atoms with Gasteiger partial charge in [0.15, 0.2) is 0 Å². The molecular formula is C16H24N2O3S. The van der Waals surface area contributed by atoms with E-state index in [-0.39, 0.29) is 18.0 Å². The number of hydrogen-bond donors (Lipinski definition) is 1. The van der Waals surface area contributed by atoms with Crippen LogP contribution >= 0.6 is 11.3 Å². The molecule has 2 rings (SSSR count). The second kappa shape index (κ2) is 6.69. The Labute approximate surface area is 135 Å². The number of nitrogens with one attached hydrogen (secondary N) is 1. The molecule has 0 aliphatic carbocycles. The predicted octanol–water partition coefficient (Wildman–Crippen LogP) is 2.58. The summed E-state index contributed by atoms with van der Waals surface area (Å²) in [4.78, 5) is 28.4. The normalized spacial score (nSPS) is 22.5. The Hall–Kier alpha value is -1.56. The van der Waals surface area contributed by atoms with Gasteiger partial charge in [0.25, 0.3) is 0 Å². The van der Waals surface area contributed by atoms with E-state index in [0.29, 0.717) is 19.5 Å². The zero-order chi connectivity index (χ0) is 16.3. The molecule has 0 saturated carbocycles. The number of rotatable bonds is 4. The molecule has 1 aliphatic rings. The molecule has 1 aromatic heterocycles. The van der Waals surface area contributed by atoms with E-state index >= 15 is 0 Å². The Balaban J connectivity index is 1.86. The number of aryl methyl sites for hydroxylation is 1. The Morgan fingerprint density at radius 1 is 1.50 bits per heavy atom. The van der Waals surface area contributed by atoms with E-state index in [1.54, 1.807) is 16.2 Å². The fraction of sp³-hybridized carbons (Fsp3) is 0.625. The summed E-state index contributed by atoms with van der Waals surface area (Å²) in [5.74, 6) is -0.245. The van der Waals surface area contributed by atoms with E-state index in [1.807, 2.05) is 13.8 Å². The van der Waals surface area contributed by atoms with Gasteiger partial charge in [0.1, 0.15) is 0 Å². The third-order valence-corrected chi connectivity index (χ3v) is 5.13. The van der Waals surface area contributed by atoms with Gasteiger partial charge in [0, 0.05) is 35.3 Å². The number of ether oxygens (including phenoxy) is 1. The van der Waals surface area contributed by atoms with Crippen LogP contribution in [0.3, 0.4) is 0 Å². The largest absolute Gasteiger partial charge is 0.469 e. The fourth-order valence-corrected chi connectivity index (χ4v) is 3.82. The number of nitrogens with zero attached hydrogens (tertiary/aromatic N) is 1. The number of carbonyl (C=O) groups is 2. The highest BCUT2D eigenvalue weighted by Crippen LogP contribution is 2.31. The van der Waals surface area contributed by atoms with Crippen molar-refractivity contribution in [2.75, 3.05) is 20.2 Å². The number of hydrogen-bond acceptors (Lipinski definition) is 4. The fourth-order valence-electron chi connectivity index (χ4n) is 2.80. The monoisotopic (exact) mass is 324 g/mol. The molecule has 0 bridgehead atoms. The first-order valence-corrected chi connectivity index (χ1v) is 8.35. The molecule has 1 aliphatic heterocycles. The second-order valence-corrected chi connectivity index (χ2v) is 7.66. The van der Waals surface area contributed by atoms with E-state index in [4.69, 9.17) is 4.74 Å². The van der Waals surface area contributed by atoms with Gasteiger partial charge in [-0.15, -0.1) is 11.3 Å². The van der Waals surface area contributed by atoms with E-state index in [1.165, 1.54) is 16.9 Å². The Bertz CT molecular complexity index is 557. The molecule has 1 fully saturated rings. The molecule has 2 amide bonds. The van der Waals surface area contributed by atoms with Gasteiger partial charge < -0.3 is 15.0 Å². The number of likely N-dealkylation sites (tertiary alicyclic amines) is 1. The van der Waals surface area contributed by atoms with E-state index < -0.39 is 5.41 Å². The van der Waals surface area contributed by atoms with Crippen LogP contribution in [0.25, 0.3) is 0 Å². The summed E-state index contributed by atoms with van der Waals surface area (Å²) >= 11 is 1.76. The number of amides is 2. The lowest BCUT2D eigenvalue weighted by Gasteiger charge is -2.23. The number of methoxy groups -OCH3 is 1. The van der Waals surface area contributed by atoms with Gasteiger partial charge in [0.2, 0.25) is 0 Å². The maximum absolute atomic E-state index is 12.3.